The van der Waals surface area contributed by atoms with E-state index in [1.54, 1.807) is 4.57 Å². The van der Waals surface area contributed by atoms with E-state index in [1.165, 1.54) is 5.56 Å². The Morgan fingerprint density at radius 3 is 2.94 bits per heavy atom. The average molecular weight is 230 g/mol. The second kappa shape index (κ2) is 4.62. The normalized spacial score (nSPS) is 11.2. The predicted octanol–water partition coefficient (Wildman–Crippen LogP) is 3.03. The zero-order chi connectivity index (χ0) is 12.4. The Hall–Kier alpha value is -1.77. The molecule has 3 nitrogen and oxygen atoms in total. The van der Waals surface area contributed by atoms with Gasteiger partial charge in [-0.05, 0) is 24.0 Å². The number of aromatic nitrogens is 2. The van der Waals surface area contributed by atoms with Crippen LogP contribution >= 0.6 is 0 Å². The average Bonchev–Trinajstić information content (AvgIpc) is 2.77. The van der Waals surface area contributed by atoms with Crippen LogP contribution in [0.1, 0.15) is 31.7 Å². The van der Waals surface area contributed by atoms with E-state index >= 15 is 0 Å². The fraction of sp³-hybridized carbons (Fsp3) is 0.357. The zero-order valence-electron chi connectivity index (χ0n) is 10.4. The minimum Gasteiger partial charge on any atom is -0.357 e. The lowest BCUT2D eigenvalue weighted by atomic mass is 10.0. The molecule has 0 amide bonds. The molecule has 0 saturated carbocycles. The zero-order valence-corrected chi connectivity index (χ0v) is 10.4. The van der Waals surface area contributed by atoms with Crippen LogP contribution in [0.2, 0.25) is 0 Å². The Morgan fingerprint density at radius 1 is 1.53 bits per heavy atom. The Bertz CT molecular complexity index is 590. The van der Waals surface area contributed by atoms with Crippen LogP contribution in [-0.4, -0.2) is 9.55 Å². The van der Waals surface area contributed by atoms with E-state index in [1.807, 2.05) is 24.5 Å². The largest absolute Gasteiger partial charge is 0.357 e. The third-order valence-electron chi connectivity index (χ3n) is 3.02. The summed E-state index contributed by atoms with van der Waals surface area (Å²) in [5.74, 6) is 0.406. The molecule has 3 heteroatoms. The first-order valence-corrected chi connectivity index (χ1v) is 5.96. The molecular weight excluding hydrogens is 212 g/mol. The van der Waals surface area contributed by atoms with Gasteiger partial charge in [-0.15, -0.1) is 6.58 Å². The van der Waals surface area contributed by atoms with Gasteiger partial charge in [0, 0.05) is 24.3 Å². The van der Waals surface area contributed by atoms with Gasteiger partial charge in [0.15, 0.2) is 0 Å². The lowest BCUT2D eigenvalue weighted by molar-refractivity contribution is 0.675. The minimum atomic E-state index is 0.0521. The van der Waals surface area contributed by atoms with Crippen molar-refractivity contribution in [1.29, 1.82) is 0 Å². The summed E-state index contributed by atoms with van der Waals surface area (Å²) in [4.78, 5) is 15.2. The topological polar surface area (TPSA) is 37.8 Å². The highest BCUT2D eigenvalue weighted by atomic mass is 16.1. The second-order valence-corrected chi connectivity index (χ2v) is 4.58. The number of fused-ring (bicyclic) bond motifs is 1. The molecular formula is C14H18N2O. The SMILES string of the molecule is C=CCCn1cc(C(C)C)c2cc[nH]c2c1=O. The van der Waals surface area contributed by atoms with Crippen LogP contribution in [0.4, 0.5) is 0 Å². The Morgan fingerprint density at radius 2 is 2.29 bits per heavy atom. The van der Waals surface area contributed by atoms with E-state index in [2.05, 4.69) is 25.4 Å². The van der Waals surface area contributed by atoms with Crippen molar-refractivity contribution < 1.29 is 0 Å². The van der Waals surface area contributed by atoms with Crippen molar-refractivity contribution in [2.24, 2.45) is 0 Å². The Labute approximate surface area is 101 Å². The Kier molecular flexibility index (Phi) is 3.18. The molecule has 90 valence electrons. The van der Waals surface area contributed by atoms with Gasteiger partial charge in [0.2, 0.25) is 0 Å². The number of allylic oxidation sites excluding steroid dienone is 1. The summed E-state index contributed by atoms with van der Waals surface area (Å²) in [6, 6.07) is 1.98. The fourth-order valence-electron chi connectivity index (χ4n) is 2.08. The number of aromatic amines is 1. The minimum absolute atomic E-state index is 0.0521. The molecule has 2 aromatic rings. The van der Waals surface area contributed by atoms with Crippen LogP contribution in [0.15, 0.2) is 35.9 Å². The summed E-state index contributed by atoms with van der Waals surface area (Å²) in [5.41, 5.74) is 1.97. The van der Waals surface area contributed by atoms with Crippen LogP contribution in [0.3, 0.4) is 0 Å². The van der Waals surface area contributed by atoms with E-state index < -0.39 is 0 Å². The van der Waals surface area contributed by atoms with E-state index in [-0.39, 0.29) is 5.56 Å². The van der Waals surface area contributed by atoms with E-state index in [0.717, 1.165) is 11.8 Å². The first-order chi connectivity index (χ1) is 8.15. The molecule has 0 spiro atoms. The van der Waals surface area contributed by atoms with Crippen LogP contribution in [0, 0.1) is 0 Å². The smallest absolute Gasteiger partial charge is 0.274 e. The highest BCUT2D eigenvalue weighted by molar-refractivity contribution is 5.82. The number of nitrogens with zero attached hydrogens (tertiary/aromatic N) is 1. The Balaban J connectivity index is 2.64. The molecule has 0 fully saturated rings. The van der Waals surface area contributed by atoms with Gasteiger partial charge < -0.3 is 9.55 Å². The maximum absolute atomic E-state index is 12.2. The molecule has 2 heterocycles. The molecule has 0 aliphatic heterocycles. The summed E-state index contributed by atoms with van der Waals surface area (Å²) >= 11 is 0. The van der Waals surface area contributed by atoms with Gasteiger partial charge in [-0.25, -0.2) is 0 Å². The van der Waals surface area contributed by atoms with Gasteiger partial charge >= 0.3 is 0 Å². The lowest BCUT2D eigenvalue weighted by Crippen LogP contribution is -2.21. The summed E-state index contributed by atoms with van der Waals surface area (Å²) < 4.78 is 1.77. The first-order valence-electron chi connectivity index (χ1n) is 5.96. The van der Waals surface area contributed by atoms with Crippen LogP contribution in [-0.2, 0) is 6.54 Å². The molecule has 0 aliphatic rings. The van der Waals surface area contributed by atoms with Crippen molar-refractivity contribution in [2.75, 3.05) is 0 Å². The number of nitrogens with one attached hydrogen (secondary N) is 1. The molecule has 0 saturated heterocycles. The maximum Gasteiger partial charge on any atom is 0.274 e. The van der Waals surface area contributed by atoms with E-state index in [9.17, 15) is 4.79 Å². The van der Waals surface area contributed by atoms with Crippen molar-refractivity contribution >= 4 is 10.9 Å². The van der Waals surface area contributed by atoms with Crippen molar-refractivity contribution in [2.45, 2.75) is 32.7 Å². The number of pyridine rings is 1. The molecule has 2 aromatic heterocycles. The van der Waals surface area contributed by atoms with Gasteiger partial charge in [-0.1, -0.05) is 19.9 Å². The summed E-state index contributed by atoms with van der Waals surface area (Å²) in [6.45, 7) is 8.67. The molecule has 0 atom stereocenters. The monoisotopic (exact) mass is 230 g/mol. The van der Waals surface area contributed by atoms with Crippen molar-refractivity contribution in [1.82, 2.24) is 9.55 Å². The van der Waals surface area contributed by atoms with E-state index in [4.69, 9.17) is 0 Å². The fourth-order valence-corrected chi connectivity index (χ4v) is 2.08. The van der Waals surface area contributed by atoms with Crippen molar-refractivity contribution in [3.05, 3.63) is 47.0 Å². The first kappa shape index (κ1) is 11.7. The summed E-state index contributed by atoms with van der Waals surface area (Å²) in [6.07, 6.45) is 6.45. The molecule has 0 unspecified atom stereocenters. The van der Waals surface area contributed by atoms with Crippen molar-refractivity contribution in [3.8, 4) is 0 Å². The number of rotatable bonds is 4. The molecule has 0 bridgehead atoms. The molecule has 0 aliphatic carbocycles. The number of H-pyrrole nitrogens is 1. The number of aryl methyl sites for hydroxylation is 1. The molecule has 1 N–H and O–H groups in total. The lowest BCUT2D eigenvalue weighted by Gasteiger charge is -2.11. The van der Waals surface area contributed by atoms with E-state index in [0.29, 0.717) is 18.0 Å². The number of hydrogen-bond donors (Lipinski definition) is 1. The van der Waals surface area contributed by atoms with Gasteiger partial charge in [-0.3, -0.25) is 4.79 Å². The van der Waals surface area contributed by atoms with Crippen molar-refractivity contribution in [3.63, 3.8) is 0 Å². The van der Waals surface area contributed by atoms with Gasteiger partial charge in [0.05, 0.1) is 0 Å². The molecule has 0 aromatic carbocycles. The maximum atomic E-state index is 12.2. The molecule has 2 rings (SSSR count). The summed E-state index contributed by atoms with van der Waals surface area (Å²) in [5, 5.41) is 1.04. The predicted molar refractivity (Wildman–Crippen MR) is 71.5 cm³/mol. The molecule has 17 heavy (non-hydrogen) atoms. The van der Waals surface area contributed by atoms with Gasteiger partial charge in [-0.2, -0.15) is 0 Å². The van der Waals surface area contributed by atoms with Crippen LogP contribution < -0.4 is 5.56 Å². The van der Waals surface area contributed by atoms with Gasteiger partial charge in [0.25, 0.3) is 5.56 Å². The quantitative estimate of drug-likeness (QED) is 0.805. The summed E-state index contributed by atoms with van der Waals surface area (Å²) in [7, 11) is 0. The van der Waals surface area contributed by atoms with Crippen LogP contribution in [0.25, 0.3) is 10.9 Å². The van der Waals surface area contributed by atoms with Gasteiger partial charge in [0.1, 0.15) is 5.52 Å². The second-order valence-electron chi connectivity index (χ2n) is 4.58. The molecule has 0 radical (unpaired) electrons. The standard InChI is InChI=1S/C14H18N2O/c1-4-5-8-16-9-12(10(2)3)11-6-7-15-13(11)14(16)17/h4,6-7,9-10,15H,1,5,8H2,2-3H3. The number of hydrogen-bond acceptors (Lipinski definition) is 1. The third kappa shape index (κ3) is 2.05. The highest BCUT2D eigenvalue weighted by Crippen LogP contribution is 2.22. The highest BCUT2D eigenvalue weighted by Gasteiger charge is 2.11. The third-order valence-corrected chi connectivity index (χ3v) is 3.02. The van der Waals surface area contributed by atoms with Crippen LogP contribution in [0.5, 0.6) is 0 Å².